The molecule has 0 aromatic heterocycles. The molecule has 0 saturated heterocycles. The van der Waals surface area contributed by atoms with Crippen LogP contribution in [0.5, 0.6) is 0 Å². The predicted octanol–water partition coefficient (Wildman–Crippen LogP) is 2.33. The van der Waals surface area contributed by atoms with Crippen molar-refractivity contribution in [3.05, 3.63) is 22.6 Å². The molecule has 1 rings (SSSR count). The summed E-state index contributed by atoms with van der Waals surface area (Å²) in [5.41, 5.74) is 1.19. The number of thioether (sulfide) groups is 1. The standard InChI is InChI=1S/C9H14OS/c1-7(10)8-5-3-4-6-9(8)11-2/h4,6-7,10H,3,5H2,1-2H3. The SMILES string of the molecule is CSC1=C(C(C)O)CCC=C1. The summed E-state index contributed by atoms with van der Waals surface area (Å²) in [4.78, 5) is 1.24. The zero-order valence-corrected chi connectivity index (χ0v) is 7.82. The summed E-state index contributed by atoms with van der Waals surface area (Å²) >= 11 is 1.72. The molecular weight excluding hydrogens is 156 g/mol. The summed E-state index contributed by atoms with van der Waals surface area (Å²) in [6.07, 6.45) is 8.14. The topological polar surface area (TPSA) is 20.2 Å². The molecule has 0 heterocycles. The first-order valence-corrected chi connectivity index (χ1v) is 5.10. The van der Waals surface area contributed by atoms with E-state index >= 15 is 0 Å². The molecular formula is C9H14OS. The van der Waals surface area contributed by atoms with Gasteiger partial charge in [-0.05, 0) is 31.6 Å². The number of aliphatic hydroxyl groups excluding tert-OH is 1. The summed E-state index contributed by atoms with van der Waals surface area (Å²) in [6.45, 7) is 1.84. The quantitative estimate of drug-likeness (QED) is 0.686. The van der Waals surface area contributed by atoms with Gasteiger partial charge in [0.05, 0.1) is 6.10 Å². The monoisotopic (exact) mass is 170 g/mol. The number of allylic oxidation sites excluding steroid dienone is 2. The molecule has 0 aliphatic heterocycles. The van der Waals surface area contributed by atoms with E-state index in [1.807, 2.05) is 13.2 Å². The fourth-order valence-corrected chi connectivity index (χ4v) is 2.04. The van der Waals surface area contributed by atoms with Gasteiger partial charge in [-0.25, -0.2) is 0 Å². The fourth-order valence-electron chi connectivity index (χ4n) is 1.27. The lowest BCUT2D eigenvalue weighted by Crippen LogP contribution is -2.08. The normalized spacial score (nSPS) is 20.6. The van der Waals surface area contributed by atoms with Gasteiger partial charge < -0.3 is 5.11 Å². The Bertz CT molecular complexity index is 192. The third kappa shape index (κ3) is 2.11. The molecule has 1 aliphatic carbocycles. The Kier molecular flexibility index (Phi) is 3.21. The van der Waals surface area contributed by atoms with E-state index in [0.29, 0.717) is 0 Å². The highest BCUT2D eigenvalue weighted by Crippen LogP contribution is 2.28. The van der Waals surface area contributed by atoms with Gasteiger partial charge in [-0.2, -0.15) is 0 Å². The lowest BCUT2D eigenvalue weighted by molar-refractivity contribution is 0.226. The average molecular weight is 170 g/mol. The summed E-state index contributed by atoms with van der Waals surface area (Å²) in [5.74, 6) is 0. The van der Waals surface area contributed by atoms with Gasteiger partial charge in [0.2, 0.25) is 0 Å². The average Bonchev–Trinajstić information content (AvgIpc) is 2.04. The Morgan fingerprint density at radius 3 is 2.82 bits per heavy atom. The van der Waals surface area contributed by atoms with Gasteiger partial charge >= 0.3 is 0 Å². The molecule has 2 heteroatoms. The van der Waals surface area contributed by atoms with Crippen LogP contribution in [0.3, 0.4) is 0 Å². The largest absolute Gasteiger partial charge is 0.389 e. The van der Waals surface area contributed by atoms with Crippen LogP contribution in [0, 0.1) is 0 Å². The maximum atomic E-state index is 9.37. The maximum absolute atomic E-state index is 9.37. The van der Waals surface area contributed by atoms with Crippen LogP contribution >= 0.6 is 11.8 Å². The van der Waals surface area contributed by atoms with Crippen molar-refractivity contribution in [1.82, 2.24) is 0 Å². The maximum Gasteiger partial charge on any atom is 0.0735 e. The third-order valence-electron chi connectivity index (χ3n) is 1.89. The van der Waals surface area contributed by atoms with Gasteiger partial charge in [0.15, 0.2) is 0 Å². The minimum atomic E-state index is -0.276. The Morgan fingerprint density at radius 1 is 1.64 bits per heavy atom. The fraction of sp³-hybridized carbons (Fsp3) is 0.556. The van der Waals surface area contributed by atoms with Crippen LogP contribution in [-0.4, -0.2) is 17.5 Å². The second-order valence-corrected chi connectivity index (χ2v) is 3.56. The second-order valence-electron chi connectivity index (χ2n) is 2.71. The van der Waals surface area contributed by atoms with Crippen molar-refractivity contribution in [2.45, 2.75) is 25.9 Å². The van der Waals surface area contributed by atoms with Gasteiger partial charge in [0.25, 0.3) is 0 Å². The van der Waals surface area contributed by atoms with Crippen LogP contribution in [-0.2, 0) is 0 Å². The summed E-state index contributed by atoms with van der Waals surface area (Å²) < 4.78 is 0. The summed E-state index contributed by atoms with van der Waals surface area (Å²) in [6, 6.07) is 0. The van der Waals surface area contributed by atoms with Crippen molar-refractivity contribution in [3.8, 4) is 0 Å². The third-order valence-corrected chi connectivity index (χ3v) is 2.73. The van der Waals surface area contributed by atoms with Crippen LogP contribution in [0.4, 0.5) is 0 Å². The molecule has 1 aliphatic rings. The Labute approximate surface area is 72.2 Å². The molecule has 62 valence electrons. The molecule has 0 aromatic rings. The van der Waals surface area contributed by atoms with E-state index < -0.39 is 0 Å². The molecule has 0 saturated carbocycles. The van der Waals surface area contributed by atoms with Gasteiger partial charge in [0, 0.05) is 4.91 Å². The molecule has 0 aromatic carbocycles. The molecule has 11 heavy (non-hydrogen) atoms. The van der Waals surface area contributed by atoms with Crippen LogP contribution in [0.1, 0.15) is 19.8 Å². The van der Waals surface area contributed by atoms with E-state index in [2.05, 4.69) is 12.2 Å². The van der Waals surface area contributed by atoms with Crippen molar-refractivity contribution in [1.29, 1.82) is 0 Å². The Hall–Kier alpha value is -0.210. The molecule has 1 unspecified atom stereocenters. The second kappa shape index (κ2) is 3.98. The molecule has 0 bridgehead atoms. The minimum Gasteiger partial charge on any atom is -0.389 e. The first kappa shape index (κ1) is 8.88. The smallest absolute Gasteiger partial charge is 0.0735 e. The lowest BCUT2D eigenvalue weighted by atomic mass is 10.0. The first-order chi connectivity index (χ1) is 5.25. The molecule has 0 amide bonds. The molecule has 1 N–H and O–H groups in total. The molecule has 1 atom stereocenters. The summed E-state index contributed by atoms with van der Waals surface area (Å²) in [7, 11) is 0. The van der Waals surface area contributed by atoms with E-state index in [1.54, 1.807) is 11.8 Å². The minimum absolute atomic E-state index is 0.276. The van der Waals surface area contributed by atoms with Gasteiger partial charge in [-0.3, -0.25) is 0 Å². The van der Waals surface area contributed by atoms with E-state index in [1.165, 1.54) is 10.5 Å². The Morgan fingerprint density at radius 2 is 2.36 bits per heavy atom. The van der Waals surface area contributed by atoms with Crippen molar-refractivity contribution >= 4 is 11.8 Å². The van der Waals surface area contributed by atoms with Crippen LogP contribution in [0.15, 0.2) is 22.6 Å². The molecule has 0 radical (unpaired) electrons. The van der Waals surface area contributed by atoms with Crippen LogP contribution in [0.25, 0.3) is 0 Å². The lowest BCUT2D eigenvalue weighted by Gasteiger charge is -2.16. The number of rotatable bonds is 2. The molecule has 0 spiro atoms. The molecule has 1 nitrogen and oxygen atoms in total. The first-order valence-electron chi connectivity index (χ1n) is 3.87. The predicted molar refractivity (Wildman–Crippen MR) is 50.6 cm³/mol. The van der Waals surface area contributed by atoms with Crippen molar-refractivity contribution in [3.63, 3.8) is 0 Å². The number of aliphatic hydroxyl groups is 1. The zero-order valence-electron chi connectivity index (χ0n) is 7.00. The van der Waals surface area contributed by atoms with Gasteiger partial charge in [0.1, 0.15) is 0 Å². The molecule has 0 fully saturated rings. The van der Waals surface area contributed by atoms with E-state index in [4.69, 9.17) is 0 Å². The highest BCUT2D eigenvalue weighted by molar-refractivity contribution is 8.02. The van der Waals surface area contributed by atoms with E-state index in [0.717, 1.165) is 12.8 Å². The number of hydrogen-bond donors (Lipinski definition) is 1. The van der Waals surface area contributed by atoms with Crippen molar-refractivity contribution in [2.24, 2.45) is 0 Å². The van der Waals surface area contributed by atoms with Gasteiger partial charge in [-0.1, -0.05) is 12.2 Å². The van der Waals surface area contributed by atoms with Crippen molar-refractivity contribution < 1.29 is 5.11 Å². The zero-order chi connectivity index (χ0) is 8.27. The van der Waals surface area contributed by atoms with Crippen LogP contribution < -0.4 is 0 Å². The van der Waals surface area contributed by atoms with Crippen molar-refractivity contribution in [2.75, 3.05) is 6.26 Å². The highest BCUT2D eigenvalue weighted by atomic mass is 32.2. The Balaban J connectivity index is 2.82. The van der Waals surface area contributed by atoms with E-state index in [-0.39, 0.29) is 6.10 Å². The number of hydrogen-bond acceptors (Lipinski definition) is 2. The summed E-state index contributed by atoms with van der Waals surface area (Å²) in [5, 5.41) is 9.37. The van der Waals surface area contributed by atoms with E-state index in [9.17, 15) is 5.11 Å². The van der Waals surface area contributed by atoms with Crippen LogP contribution in [0.2, 0.25) is 0 Å². The van der Waals surface area contributed by atoms with Gasteiger partial charge in [-0.15, -0.1) is 11.8 Å². The highest BCUT2D eigenvalue weighted by Gasteiger charge is 2.11.